The zero-order valence-corrected chi connectivity index (χ0v) is 11.4. The number of carboxylic acid groups (broad SMARTS) is 1. The summed E-state index contributed by atoms with van der Waals surface area (Å²) in [5.74, 6) is -0.821. The van der Waals surface area contributed by atoms with Gasteiger partial charge in [-0.1, -0.05) is 13.3 Å². The maximum Gasteiger partial charge on any atom is 0.303 e. The second-order valence-electron chi connectivity index (χ2n) is 4.55. The summed E-state index contributed by atoms with van der Waals surface area (Å²) in [7, 11) is 0. The summed E-state index contributed by atoms with van der Waals surface area (Å²) >= 11 is 0. The van der Waals surface area contributed by atoms with Crippen LogP contribution in [0.3, 0.4) is 0 Å². The molecule has 0 fully saturated rings. The number of unbranched alkanes of at least 4 members (excludes halogenated alkanes) is 2. The van der Waals surface area contributed by atoms with Crippen molar-refractivity contribution < 1.29 is 14.7 Å². The van der Waals surface area contributed by atoms with Gasteiger partial charge in [0.25, 0.3) is 5.91 Å². The molecule has 0 radical (unpaired) electrons. The Kier molecular flexibility index (Phi) is 6.71. The van der Waals surface area contributed by atoms with Gasteiger partial charge in [-0.3, -0.25) is 9.59 Å². The number of hydrogen-bond donors (Lipinski definition) is 2. The molecule has 5 heteroatoms. The second-order valence-corrected chi connectivity index (χ2v) is 4.55. The molecule has 0 aromatic carbocycles. The molecule has 2 N–H and O–H groups in total. The quantitative estimate of drug-likeness (QED) is 0.673. The highest BCUT2D eigenvalue weighted by Crippen LogP contribution is 2.04. The van der Waals surface area contributed by atoms with E-state index in [1.165, 1.54) is 0 Å². The van der Waals surface area contributed by atoms with E-state index in [4.69, 9.17) is 5.11 Å². The van der Waals surface area contributed by atoms with E-state index in [1.54, 1.807) is 0 Å². The first-order valence-corrected chi connectivity index (χ1v) is 6.80. The van der Waals surface area contributed by atoms with E-state index in [1.807, 2.05) is 22.9 Å². The van der Waals surface area contributed by atoms with Crippen molar-refractivity contribution in [1.29, 1.82) is 0 Å². The van der Waals surface area contributed by atoms with Crippen LogP contribution in [0.5, 0.6) is 0 Å². The van der Waals surface area contributed by atoms with E-state index in [9.17, 15) is 9.59 Å². The lowest BCUT2D eigenvalue weighted by atomic mass is 10.2. The van der Waals surface area contributed by atoms with Crippen molar-refractivity contribution in [2.45, 2.75) is 45.6 Å². The number of hydrogen-bond acceptors (Lipinski definition) is 2. The van der Waals surface area contributed by atoms with Crippen molar-refractivity contribution >= 4 is 11.9 Å². The third-order valence-corrected chi connectivity index (χ3v) is 2.88. The fraction of sp³-hybridized carbons (Fsp3) is 0.571. The molecule has 0 aliphatic rings. The largest absolute Gasteiger partial charge is 0.481 e. The summed E-state index contributed by atoms with van der Waals surface area (Å²) in [4.78, 5) is 22.2. The number of carbonyl (C=O) groups excluding carboxylic acids is 1. The number of nitrogens with zero attached hydrogens (tertiary/aromatic N) is 1. The summed E-state index contributed by atoms with van der Waals surface area (Å²) in [6.45, 7) is 3.51. The Morgan fingerprint density at radius 2 is 2.11 bits per heavy atom. The second kappa shape index (κ2) is 8.34. The third-order valence-electron chi connectivity index (χ3n) is 2.88. The number of amides is 1. The van der Waals surface area contributed by atoms with Crippen LogP contribution in [0.4, 0.5) is 0 Å². The standard InChI is InChI=1S/C14H22N2O3/c1-2-10-16-11-6-7-12(16)14(19)15-9-5-3-4-8-13(17)18/h6-7,11H,2-5,8-10H2,1H3,(H,15,19)(H,17,18). The normalized spacial score (nSPS) is 10.4. The Labute approximate surface area is 113 Å². The van der Waals surface area contributed by atoms with E-state index < -0.39 is 5.97 Å². The molecule has 0 aliphatic heterocycles. The molecule has 1 heterocycles. The van der Waals surface area contributed by atoms with Gasteiger partial charge in [0, 0.05) is 25.7 Å². The predicted molar refractivity (Wildman–Crippen MR) is 73.2 cm³/mol. The van der Waals surface area contributed by atoms with Gasteiger partial charge >= 0.3 is 5.97 Å². The van der Waals surface area contributed by atoms with Gasteiger partial charge in [0.05, 0.1) is 0 Å². The lowest BCUT2D eigenvalue weighted by molar-refractivity contribution is -0.137. The van der Waals surface area contributed by atoms with Crippen molar-refractivity contribution in [3.8, 4) is 0 Å². The molecule has 19 heavy (non-hydrogen) atoms. The molecule has 1 aromatic heterocycles. The molecule has 1 amide bonds. The van der Waals surface area contributed by atoms with Gasteiger partial charge in [-0.25, -0.2) is 0 Å². The highest BCUT2D eigenvalue weighted by molar-refractivity contribution is 5.92. The number of carbonyl (C=O) groups is 2. The topological polar surface area (TPSA) is 71.3 Å². The molecule has 0 atom stereocenters. The fourth-order valence-electron chi connectivity index (χ4n) is 1.93. The van der Waals surface area contributed by atoms with Gasteiger partial charge in [0.2, 0.25) is 0 Å². The molecule has 106 valence electrons. The molecule has 5 nitrogen and oxygen atoms in total. The van der Waals surface area contributed by atoms with Crippen LogP contribution in [-0.2, 0) is 11.3 Å². The molecule has 0 saturated heterocycles. The molecule has 0 aliphatic carbocycles. The van der Waals surface area contributed by atoms with Gasteiger partial charge in [-0.2, -0.15) is 0 Å². The Bertz CT molecular complexity index is 413. The van der Waals surface area contributed by atoms with Crippen molar-refractivity contribution in [1.82, 2.24) is 9.88 Å². The zero-order chi connectivity index (χ0) is 14.1. The lowest BCUT2D eigenvalue weighted by Gasteiger charge is -2.08. The Morgan fingerprint density at radius 1 is 1.32 bits per heavy atom. The van der Waals surface area contributed by atoms with E-state index in [0.717, 1.165) is 25.8 Å². The summed E-state index contributed by atoms with van der Waals surface area (Å²) in [6.07, 6.45) is 5.40. The molecule has 1 aromatic rings. The van der Waals surface area contributed by atoms with Crippen LogP contribution in [-0.4, -0.2) is 28.1 Å². The van der Waals surface area contributed by atoms with Gasteiger partial charge in [-0.05, 0) is 31.4 Å². The highest BCUT2D eigenvalue weighted by Gasteiger charge is 2.09. The average Bonchev–Trinajstić information content (AvgIpc) is 2.81. The highest BCUT2D eigenvalue weighted by atomic mass is 16.4. The third kappa shape index (κ3) is 5.59. The van der Waals surface area contributed by atoms with Crippen LogP contribution in [0.2, 0.25) is 0 Å². The predicted octanol–water partition coefficient (Wildman–Crippen LogP) is 2.27. The molecule has 1 rings (SSSR count). The van der Waals surface area contributed by atoms with E-state index in [-0.39, 0.29) is 12.3 Å². The van der Waals surface area contributed by atoms with Crippen LogP contribution in [0.15, 0.2) is 18.3 Å². The van der Waals surface area contributed by atoms with Gasteiger partial charge in [0.1, 0.15) is 5.69 Å². The maximum absolute atomic E-state index is 11.9. The van der Waals surface area contributed by atoms with Crippen molar-refractivity contribution in [3.63, 3.8) is 0 Å². The first-order chi connectivity index (χ1) is 9.15. The van der Waals surface area contributed by atoms with Gasteiger partial charge in [0.15, 0.2) is 0 Å². The van der Waals surface area contributed by atoms with E-state index in [0.29, 0.717) is 18.7 Å². The minimum Gasteiger partial charge on any atom is -0.481 e. The summed E-state index contributed by atoms with van der Waals surface area (Å²) in [5.41, 5.74) is 0.687. The Hall–Kier alpha value is -1.78. The van der Waals surface area contributed by atoms with Crippen LogP contribution in [0.25, 0.3) is 0 Å². The number of nitrogens with one attached hydrogen (secondary N) is 1. The number of aromatic nitrogens is 1. The first-order valence-electron chi connectivity index (χ1n) is 6.80. The molecule has 0 unspecified atom stereocenters. The van der Waals surface area contributed by atoms with Crippen molar-refractivity contribution in [3.05, 3.63) is 24.0 Å². The maximum atomic E-state index is 11.9. The zero-order valence-electron chi connectivity index (χ0n) is 11.4. The van der Waals surface area contributed by atoms with Crippen LogP contribution >= 0.6 is 0 Å². The minimum absolute atomic E-state index is 0.0586. The van der Waals surface area contributed by atoms with Crippen molar-refractivity contribution in [2.75, 3.05) is 6.54 Å². The van der Waals surface area contributed by atoms with E-state index >= 15 is 0 Å². The lowest BCUT2D eigenvalue weighted by Crippen LogP contribution is -2.26. The summed E-state index contributed by atoms with van der Waals surface area (Å²) < 4.78 is 1.94. The van der Waals surface area contributed by atoms with Gasteiger partial charge < -0.3 is 15.0 Å². The SMILES string of the molecule is CCCn1cccc1C(=O)NCCCCCC(=O)O. The Morgan fingerprint density at radius 3 is 2.79 bits per heavy atom. The minimum atomic E-state index is -0.763. The molecular formula is C14H22N2O3. The summed E-state index contributed by atoms with van der Waals surface area (Å²) in [5, 5.41) is 11.4. The fourth-order valence-corrected chi connectivity index (χ4v) is 1.93. The first kappa shape index (κ1) is 15.3. The van der Waals surface area contributed by atoms with Crippen molar-refractivity contribution in [2.24, 2.45) is 0 Å². The number of rotatable bonds is 9. The van der Waals surface area contributed by atoms with E-state index in [2.05, 4.69) is 12.2 Å². The number of aryl methyl sites for hydroxylation is 1. The van der Waals surface area contributed by atoms with Crippen LogP contribution in [0, 0.1) is 0 Å². The van der Waals surface area contributed by atoms with Gasteiger partial charge in [-0.15, -0.1) is 0 Å². The molecule has 0 saturated carbocycles. The molecular weight excluding hydrogens is 244 g/mol. The monoisotopic (exact) mass is 266 g/mol. The Balaban J connectivity index is 2.23. The smallest absolute Gasteiger partial charge is 0.303 e. The molecule has 0 spiro atoms. The van der Waals surface area contributed by atoms with Crippen LogP contribution < -0.4 is 5.32 Å². The number of carboxylic acids is 1. The van der Waals surface area contributed by atoms with Crippen LogP contribution in [0.1, 0.15) is 49.5 Å². The number of aliphatic carboxylic acids is 1. The summed E-state index contributed by atoms with van der Waals surface area (Å²) in [6, 6.07) is 3.69. The average molecular weight is 266 g/mol. The molecule has 0 bridgehead atoms.